The van der Waals surface area contributed by atoms with Crippen LogP contribution in [-0.2, 0) is 110 Å². The topological polar surface area (TPSA) is 665 Å². The first-order chi connectivity index (χ1) is 59.9. The molecule has 0 spiro atoms. The summed E-state index contributed by atoms with van der Waals surface area (Å²) in [5.74, 6) is -14.3. The van der Waals surface area contributed by atoms with E-state index < -0.39 is 168 Å². The highest BCUT2D eigenvalue weighted by atomic mass is 127. The standard InChI is InChI=1S/C79H120IN23O22/c1-49-67(111)96-60(46-65(107)108)75(119)98-58(44-51-16-5-3-6-17-51)73(117)94-54(71(115)92-56(69(113)90-49)23-14-31-87-77(81)82)21-9-11-29-85-62(104)25-34-102(64(106)27-36-122-38-40-124-42-43-125-41-39-123-37-33-89-79(121)103-48-53(100-101-103)20-13-28-80)35-26-63(105)86-30-12-10-22-55-72(116)93-57(24-15-32-88-78(83)84)70(114)91-50(2)68(112)97-61(47-66(109)110)76(120)99-59(74(118)95-55)45-52-18-7-4-8-19-52/h3-8,16-19,48-50,54-61H,9-15,20-47H2,1-2H3,(H,85,104)(H,86,105)(H,89,121)(H,90,113)(H,91,114)(H,92,115)(H,93,116)(H,94,117)(H,95,118)(H,96,111)(H,97,112)(H,98,119)(H,99,120)(H,107,108)(H,109,110)(H4,81,82,87)(H4,83,84,88)/t49-,50-,54-,55-,56-,57-,58+,59+,60-,61-/m0/s1. The Morgan fingerprint density at radius 3 is 1.18 bits per heavy atom. The molecule has 10 atom stereocenters. The zero-order valence-corrected chi connectivity index (χ0v) is 72.4. The molecule has 2 aromatic carbocycles. The Bertz CT molecular complexity index is 3840. The number of ether oxygens (including phenoxy) is 4. The summed E-state index contributed by atoms with van der Waals surface area (Å²) in [5.41, 5.74) is 12.8. The molecule has 5 rings (SSSR count). The van der Waals surface area contributed by atoms with E-state index in [-0.39, 0.29) is 207 Å². The summed E-state index contributed by atoms with van der Waals surface area (Å²) in [4.78, 5) is 219. The van der Waals surface area contributed by atoms with Crippen LogP contribution >= 0.6 is 22.6 Å². The number of halogens is 1. The molecule has 1 aromatic heterocycles. The molecule has 0 radical (unpaired) electrons. The van der Waals surface area contributed by atoms with Gasteiger partial charge in [-0.25, -0.2) is 4.79 Å². The van der Waals surface area contributed by atoms with Crippen LogP contribution in [0, 0.1) is 10.8 Å². The van der Waals surface area contributed by atoms with Gasteiger partial charge < -0.3 is 125 Å². The van der Waals surface area contributed by atoms with Gasteiger partial charge in [0.25, 0.3) is 0 Å². The lowest BCUT2D eigenvalue weighted by atomic mass is 10.0. The average Bonchev–Trinajstić information content (AvgIpc) is 1.84. The number of amides is 14. The van der Waals surface area contributed by atoms with E-state index in [0.29, 0.717) is 11.1 Å². The second-order valence-electron chi connectivity index (χ2n) is 29.4. The van der Waals surface area contributed by atoms with Gasteiger partial charge in [-0.05, 0) is 106 Å². The Hall–Kier alpha value is -11.8. The number of guanidine groups is 2. The predicted octanol–water partition coefficient (Wildman–Crippen LogP) is -4.28. The van der Waals surface area contributed by atoms with Crippen molar-refractivity contribution in [2.75, 3.05) is 103 Å². The fraction of sp³-hybridized carbons (Fsp3) is 0.595. The number of benzene rings is 2. The number of rotatable bonds is 50. The molecule has 0 bridgehead atoms. The fourth-order valence-corrected chi connectivity index (χ4v) is 13.0. The number of alkyl halides is 1. The van der Waals surface area contributed by atoms with Crippen LogP contribution in [0.15, 0.2) is 66.9 Å². The van der Waals surface area contributed by atoms with Gasteiger partial charge in [-0.2, -0.15) is 4.68 Å². The molecule has 0 aliphatic carbocycles. The van der Waals surface area contributed by atoms with Gasteiger partial charge in [-0.3, -0.25) is 82.7 Å². The molecule has 690 valence electrons. The summed E-state index contributed by atoms with van der Waals surface area (Å²) in [6.45, 7) is 3.97. The molecule has 3 heterocycles. The van der Waals surface area contributed by atoms with E-state index in [1.54, 1.807) is 66.9 Å². The lowest BCUT2D eigenvalue weighted by molar-refractivity contribution is -0.142. The van der Waals surface area contributed by atoms with E-state index in [0.717, 1.165) is 27.6 Å². The summed E-state index contributed by atoms with van der Waals surface area (Å²) >= 11 is 2.27. The van der Waals surface area contributed by atoms with Crippen molar-refractivity contribution in [2.45, 2.75) is 196 Å². The number of aryl methyl sites for hydroxylation is 1. The zero-order valence-electron chi connectivity index (χ0n) is 70.3. The van der Waals surface area contributed by atoms with Crippen molar-refractivity contribution in [2.24, 2.45) is 11.5 Å². The van der Waals surface area contributed by atoms with E-state index in [9.17, 15) is 86.9 Å². The highest BCUT2D eigenvalue weighted by Gasteiger charge is 2.38. The number of carboxylic acids is 2. The van der Waals surface area contributed by atoms with Crippen LogP contribution in [0.4, 0.5) is 4.79 Å². The predicted molar refractivity (Wildman–Crippen MR) is 457 cm³/mol. The van der Waals surface area contributed by atoms with Crippen LogP contribution in [0.1, 0.15) is 133 Å². The molecule has 0 unspecified atom stereocenters. The first kappa shape index (κ1) is 104. The van der Waals surface area contributed by atoms with Crippen molar-refractivity contribution < 1.29 is 106 Å². The monoisotopic (exact) mass is 1870 g/mol. The number of carboxylic acid groups (broad SMARTS) is 2. The van der Waals surface area contributed by atoms with E-state index in [4.69, 9.17) is 41.2 Å². The van der Waals surface area contributed by atoms with E-state index in [1.165, 1.54) is 18.7 Å². The molecule has 2 aliphatic heterocycles. The van der Waals surface area contributed by atoms with Crippen LogP contribution < -0.4 is 91.2 Å². The smallest absolute Gasteiger partial charge is 0.343 e. The van der Waals surface area contributed by atoms with Gasteiger partial charge in [-0.1, -0.05) is 88.5 Å². The summed E-state index contributed by atoms with van der Waals surface area (Å²) in [6, 6.07) is 1.83. The van der Waals surface area contributed by atoms with Crippen LogP contribution in [0.3, 0.4) is 0 Å². The van der Waals surface area contributed by atoms with Gasteiger partial charge in [0.1, 0.15) is 60.4 Å². The SMILES string of the molecule is C[C@@H]1NC(=O)[C@H](CCCNC(=N)N)NC(=O)[C@H](CCCCNC(=O)CCN(CCC(=O)NCCCC[C@@H]2NC(=O)[C@@H](Cc3ccccc3)NC(=O)[C@H](CC(=O)O)NC(=O)[C@H](C)NC(=O)[C@H](CCCNC(=N)N)NC2=O)C(=O)CCOCCOCCOCCOCCNC(=O)n2cc(CCCI)nn2)NC(=O)[C@@H](Cc2ccccc2)NC(=O)[C@H](CC(=O)O)NC1=O. The molecule has 2 saturated heterocycles. The molecule has 2 aliphatic rings. The number of hydrogen-bond acceptors (Lipinski definition) is 24. The third-order valence-corrected chi connectivity index (χ3v) is 20.1. The molecule has 14 amide bonds. The number of unbranched alkanes of at least 4 members (excludes halogenated alkanes) is 2. The van der Waals surface area contributed by atoms with Crippen molar-refractivity contribution in [1.29, 1.82) is 10.8 Å². The van der Waals surface area contributed by atoms with Crippen molar-refractivity contribution in [3.05, 3.63) is 83.7 Å². The number of carbonyl (C=O) groups excluding carboxylic acids is 14. The van der Waals surface area contributed by atoms with Gasteiger partial charge >= 0.3 is 18.0 Å². The maximum atomic E-state index is 14.4. The van der Waals surface area contributed by atoms with Crippen LogP contribution in [0.25, 0.3) is 0 Å². The Morgan fingerprint density at radius 1 is 0.432 bits per heavy atom. The molecule has 2 fully saturated rings. The second-order valence-corrected chi connectivity index (χ2v) is 30.5. The lowest BCUT2D eigenvalue weighted by Gasteiger charge is -2.26. The zero-order chi connectivity index (χ0) is 91.4. The van der Waals surface area contributed by atoms with Gasteiger partial charge in [0.2, 0.25) is 76.8 Å². The fourth-order valence-electron chi connectivity index (χ4n) is 12.6. The Kier molecular flexibility index (Phi) is 48.4. The molecule has 46 heteroatoms. The molecular weight excluding hydrogens is 1750 g/mol. The largest absolute Gasteiger partial charge is 0.481 e. The highest BCUT2D eigenvalue weighted by molar-refractivity contribution is 14.1. The van der Waals surface area contributed by atoms with E-state index in [2.05, 4.69) is 113 Å². The molecule has 3 aromatic rings. The van der Waals surface area contributed by atoms with Gasteiger partial charge in [0, 0.05) is 71.5 Å². The highest BCUT2D eigenvalue weighted by Crippen LogP contribution is 2.14. The Labute approximate surface area is 736 Å². The maximum absolute atomic E-state index is 14.4. The number of hydrogen-bond donors (Lipinski definition) is 21. The summed E-state index contributed by atoms with van der Waals surface area (Å²) in [7, 11) is 0. The Morgan fingerprint density at radius 2 is 0.784 bits per heavy atom. The minimum atomic E-state index is -1.72. The van der Waals surface area contributed by atoms with Gasteiger partial charge in [-0.15, -0.1) is 5.10 Å². The van der Waals surface area contributed by atoms with Crippen LogP contribution in [-0.4, -0.2) is 300 Å². The number of nitrogens with two attached hydrogens (primary N) is 2. The summed E-state index contributed by atoms with van der Waals surface area (Å²) < 4.78 is 24.5. The molecule has 45 nitrogen and oxygen atoms in total. The number of aromatic nitrogens is 3. The van der Waals surface area contributed by atoms with E-state index >= 15 is 0 Å². The number of nitrogens with zero attached hydrogens (tertiary/aromatic N) is 4. The first-order valence-electron chi connectivity index (χ1n) is 41.5. The Balaban J connectivity index is 1.25. The number of nitrogens with one attached hydrogen (secondary N) is 17. The third kappa shape index (κ3) is 42.4. The van der Waals surface area contributed by atoms with E-state index in [1.807, 2.05) is 0 Å². The molecular formula is C79H120IN23O22. The normalized spacial score (nSPS) is 20.0. The maximum Gasteiger partial charge on any atom is 0.343 e. The van der Waals surface area contributed by atoms with Crippen molar-refractivity contribution >= 4 is 129 Å². The van der Waals surface area contributed by atoms with Crippen molar-refractivity contribution in [3.8, 4) is 0 Å². The molecule has 125 heavy (non-hydrogen) atoms. The number of carbonyl (C=O) groups is 16. The molecule has 23 N–H and O–H groups in total. The quantitative estimate of drug-likeness (QED) is 0.00836. The van der Waals surface area contributed by atoms with Crippen LogP contribution in [0.2, 0.25) is 0 Å². The average molecular weight is 1870 g/mol. The summed E-state index contributed by atoms with van der Waals surface area (Å²) in [6.07, 6.45) is 1.02. The van der Waals surface area contributed by atoms with Gasteiger partial charge in [0.05, 0.1) is 84.0 Å². The van der Waals surface area contributed by atoms with Crippen molar-refractivity contribution in [1.82, 2.24) is 99.6 Å². The molecule has 0 saturated carbocycles. The van der Waals surface area contributed by atoms with Crippen LogP contribution in [0.5, 0.6) is 0 Å². The van der Waals surface area contributed by atoms with Crippen molar-refractivity contribution in [3.63, 3.8) is 0 Å². The first-order valence-corrected chi connectivity index (χ1v) is 43.0. The minimum Gasteiger partial charge on any atom is -0.481 e. The second kappa shape index (κ2) is 58.4. The lowest BCUT2D eigenvalue weighted by Crippen LogP contribution is -2.58. The third-order valence-electron chi connectivity index (χ3n) is 19.3. The van der Waals surface area contributed by atoms with Gasteiger partial charge in [0.15, 0.2) is 11.9 Å². The minimum absolute atomic E-state index is 0.00786. The summed E-state index contributed by atoms with van der Waals surface area (Å²) in [5, 5.41) is 81.4. The number of aliphatic carboxylic acids is 2.